The number of rotatable bonds is 5. The molecule has 2 aromatic rings. The Morgan fingerprint density at radius 1 is 1.45 bits per heavy atom. The highest BCUT2D eigenvalue weighted by Crippen LogP contribution is 2.21. The molecule has 1 aliphatic heterocycles. The van der Waals surface area contributed by atoms with Crippen LogP contribution in [0.2, 0.25) is 0 Å². The Kier molecular flexibility index (Phi) is 4.40. The molecule has 1 aliphatic rings. The zero-order chi connectivity index (χ0) is 15.4. The first-order valence-corrected chi connectivity index (χ1v) is 7.52. The van der Waals surface area contributed by atoms with Crippen molar-refractivity contribution in [2.45, 2.75) is 38.5 Å². The van der Waals surface area contributed by atoms with Gasteiger partial charge < -0.3 is 14.6 Å². The summed E-state index contributed by atoms with van der Waals surface area (Å²) in [4.78, 5) is 0. The average Bonchev–Trinajstić information content (AvgIpc) is 2.93. The largest absolute Gasteiger partial charge is 0.487 e. The summed E-state index contributed by atoms with van der Waals surface area (Å²) in [5.74, 6) is 0.814. The number of hydrogen-bond donors (Lipinski definition) is 1. The van der Waals surface area contributed by atoms with E-state index in [0.717, 1.165) is 36.5 Å². The zero-order valence-electron chi connectivity index (χ0n) is 12.7. The fourth-order valence-corrected chi connectivity index (χ4v) is 2.61. The van der Waals surface area contributed by atoms with Gasteiger partial charge in [-0.25, -0.2) is 4.68 Å². The molecule has 0 amide bonds. The molecule has 6 heteroatoms. The molecule has 0 bridgehead atoms. The van der Waals surface area contributed by atoms with Crippen molar-refractivity contribution in [1.29, 1.82) is 0 Å². The lowest BCUT2D eigenvalue weighted by atomic mass is 9.97. The van der Waals surface area contributed by atoms with Gasteiger partial charge in [-0.05, 0) is 37.5 Å². The van der Waals surface area contributed by atoms with Crippen LogP contribution >= 0.6 is 0 Å². The number of aryl methyl sites for hydroxylation is 1. The van der Waals surface area contributed by atoms with Gasteiger partial charge in [0, 0.05) is 6.61 Å². The molecule has 1 saturated heterocycles. The minimum absolute atomic E-state index is 0.349. The molecule has 0 aliphatic carbocycles. The van der Waals surface area contributed by atoms with Gasteiger partial charge in [-0.1, -0.05) is 17.3 Å². The van der Waals surface area contributed by atoms with Crippen molar-refractivity contribution in [2.24, 2.45) is 0 Å². The molecule has 6 nitrogen and oxygen atoms in total. The van der Waals surface area contributed by atoms with Gasteiger partial charge in [0.2, 0.25) is 0 Å². The van der Waals surface area contributed by atoms with Gasteiger partial charge in [-0.2, -0.15) is 0 Å². The summed E-state index contributed by atoms with van der Waals surface area (Å²) in [6.07, 6.45) is 3.40. The van der Waals surface area contributed by atoms with Crippen LogP contribution in [0.25, 0.3) is 0 Å². The molecule has 0 spiro atoms. The number of aromatic nitrogens is 3. The van der Waals surface area contributed by atoms with Crippen molar-refractivity contribution >= 4 is 0 Å². The first-order valence-electron chi connectivity index (χ1n) is 7.52. The second kappa shape index (κ2) is 6.46. The maximum Gasteiger partial charge on any atom is 0.134 e. The average molecular weight is 303 g/mol. The van der Waals surface area contributed by atoms with E-state index in [0.29, 0.717) is 19.8 Å². The van der Waals surface area contributed by atoms with Crippen LogP contribution in [0.4, 0.5) is 0 Å². The first-order chi connectivity index (χ1) is 10.6. The van der Waals surface area contributed by atoms with Crippen molar-refractivity contribution in [1.82, 2.24) is 15.0 Å². The Morgan fingerprint density at radius 3 is 3.14 bits per heavy atom. The fraction of sp³-hybridized carbons (Fsp3) is 0.500. The van der Waals surface area contributed by atoms with Gasteiger partial charge in [0.15, 0.2) is 0 Å². The lowest BCUT2D eigenvalue weighted by Crippen LogP contribution is -2.42. The van der Waals surface area contributed by atoms with E-state index in [2.05, 4.69) is 10.3 Å². The van der Waals surface area contributed by atoms with E-state index in [1.807, 2.05) is 37.4 Å². The van der Waals surface area contributed by atoms with Crippen LogP contribution in [-0.4, -0.2) is 38.9 Å². The second-order valence-corrected chi connectivity index (χ2v) is 5.89. The van der Waals surface area contributed by atoms with Gasteiger partial charge >= 0.3 is 0 Å². The smallest absolute Gasteiger partial charge is 0.134 e. The lowest BCUT2D eigenvalue weighted by molar-refractivity contribution is -0.0960. The highest BCUT2D eigenvalue weighted by molar-refractivity contribution is 5.27. The Balaban J connectivity index is 1.57. The van der Waals surface area contributed by atoms with E-state index in [1.165, 1.54) is 0 Å². The van der Waals surface area contributed by atoms with Crippen LogP contribution in [0.1, 0.15) is 24.1 Å². The molecular weight excluding hydrogens is 282 g/mol. The number of benzene rings is 1. The van der Waals surface area contributed by atoms with Crippen molar-refractivity contribution in [3.63, 3.8) is 0 Å². The molecule has 1 aromatic heterocycles. The monoisotopic (exact) mass is 303 g/mol. The maximum absolute atomic E-state index is 10.4. The van der Waals surface area contributed by atoms with Crippen LogP contribution < -0.4 is 4.74 Å². The molecule has 1 N–H and O–H groups in total. The SMILES string of the molecule is Cc1cccc(OCc2cn(CC3(O)CCCOC3)nn2)c1. The van der Waals surface area contributed by atoms with Crippen molar-refractivity contribution in [2.75, 3.05) is 13.2 Å². The third-order valence-electron chi connectivity index (χ3n) is 3.72. The number of aliphatic hydroxyl groups is 1. The molecule has 118 valence electrons. The standard InChI is InChI=1S/C16H21N3O3/c1-13-4-2-5-15(8-13)22-10-14-9-19(18-17-14)11-16(20)6-3-7-21-12-16/h2,4-5,8-9,20H,3,6-7,10-12H2,1H3. The summed E-state index contributed by atoms with van der Waals surface area (Å²) in [5, 5.41) is 18.6. The summed E-state index contributed by atoms with van der Waals surface area (Å²) in [7, 11) is 0. The van der Waals surface area contributed by atoms with E-state index in [4.69, 9.17) is 9.47 Å². The molecule has 1 atom stereocenters. The van der Waals surface area contributed by atoms with Gasteiger partial charge in [0.05, 0.1) is 19.3 Å². The van der Waals surface area contributed by atoms with Gasteiger partial charge in [-0.3, -0.25) is 0 Å². The summed E-state index contributed by atoms with van der Waals surface area (Å²) >= 11 is 0. The summed E-state index contributed by atoms with van der Waals surface area (Å²) < 4.78 is 12.7. The van der Waals surface area contributed by atoms with Crippen molar-refractivity contribution < 1.29 is 14.6 Å². The van der Waals surface area contributed by atoms with Gasteiger partial charge in [-0.15, -0.1) is 5.10 Å². The fourth-order valence-electron chi connectivity index (χ4n) is 2.61. The first kappa shape index (κ1) is 15.0. The summed E-state index contributed by atoms with van der Waals surface area (Å²) in [6, 6.07) is 7.88. The molecule has 3 rings (SSSR count). The van der Waals surface area contributed by atoms with E-state index in [1.54, 1.807) is 4.68 Å². The summed E-state index contributed by atoms with van der Waals surface area (Å²) in [6.45, 7) is 3.84. The molecule has 22 heavy (non-hydrogen) atoms. The second-order valence-electron chi connectivity index (χ2n) is 5.89. The third-order valence-corrected chi connectivity index (χ3v) is 3.72. The minimum Gasteiger partial charge on any atom is -0.487 e. The molecule has 2 heterocycles. The Morgan fingerprint density at radius 2 is 2.36 bits per heavy atom. The molecule has 1 aromatic carbocycles. The quantitative estimate of drug-likeness (QED) is 0.910. The zero-order valence-corrected chi connectivity index (χ0v) is 12.7. The maximum atomic E-state index is 10.4. The predicted octanol–water partition coefficient (Wildman–Crippen LogP) is 1.71. The number of hydrogen-bond acceptors (Lipinski definition) is 5. The van der Waals surface area contributed by atoms with Crippen LogP contribution in [0, 0.1) is 6.92 Å². The lowest BCUT2D eigenvalue weighted by Gasteiger charge is -2.31. The highest BCUT2D eigenvalue weighted by Gasteiger charge is 2.31. The highest BCUT2D eigenvalue weighted by atomic mass is 16.5. The van der Waals surface area contributed by atoms with Gasteiger partial charge in [0.1, 0.15) is 23.7 Å². The number of nitrogens with zero attached hydrogens (tertiary/aromatic N) is 3. The predicted molar refractivity (Wildman–Crippen MR) is 80.5 cm³/mol. The Hall–Kier alpha value is -1.92. The molecule has 1 unspecified atom stereocenters. The van der Waals surface area contributed by atoms with Crippen molar-refractivity contribution in [3.05, 3.63) is 41.7 Å². The van der Waals surface area contributed by atoms with Crippen LogP contribution in [0.15, 0.2) is 30.5 Å². The third kappa shape index (κ3) is 3.84. The van der Waals surface area contributed by atoms with Crippen LogP contribution in [-0.2, 0) is 17.9 Å². The minimum atomic E-state index is -0.847. The Labute approximate surface area is 129 Å². The Bertz CT molecular complexity index is 621. The van der Waals surface area contributed by atoms with E-state index >= 15 is 0 Å². The van der Waals surface area contributed by atoms with Crippen molar-refractivity contribution in [3.8, 4) is 5.75 Å². The number of ether oxygens (including phenoxy) is 2. The van der Waals surface area contributed by atoms with Crippen LogP contribution in [0.3, 0.4) is 0 Å². The topological polar surface area (TPSA) is 69.4 Å². The van der Waals surface area contributed by atoms with E-state index in [9.17, 15) is 5.11 Å². The summed E-state index contributed by atoms with van der Waals surface area (Å²) in [5.41, 5.74) is 1.04. The molecule has 0 saturated carbocycles. The van der Waals surface area contributed by atoms with Gasteiger partial charge in [0.25, 0.3) is 0 Å². The van der Waals surface area contributed by atoms with E-state index < -0.39 is 5.60 Å². The van der Waals surface area contributed by atoms with Crippen LogP contribution in [0.5, 0.6) is 5.75 Å². The molecule has 1 fully saturated rings. The van der Waals surface area contributed by atoms with E-state index in [-0.39, 0.29) is 0 Å². The molecule has 0 radical (unpaired) electrons. The normalized spacial score (nSPS) is 21.7. The molecular formula is C16H21N3O3.